The minimum absolute atomic E-state index is 0.143. The molecule has 1 aliphatic heterocycles. The second-order valence-corrected chi connectivity index (χ2v) is 8.05. The van der Waals surface area contributed by atoms with Crippen LogP contribution in [0, 0.1) is 13.8 Å². The molecule has 1 aliphatic rings. The van der Waals surface area contributed by atoms with Crippen molar-refractivity contribution in [2.45, 2.75) is 20.8 Å². The number of methoxy groups -OCH3 is 1. The van der Waals surface area contributed by atoms with Gasteiger partial charge in [0.05, 0.1) is 23.9 Å². The van der Waals surface area contributed by atoms with Crippen molar-refractivity contribution in [2.24, 2.45) is 0 Å². The van der Waals surface area contributed by atoms with Gasteiger partial charge in [0.2, 0.25) is 0 Å². The first-order valence-corrected chi connectivity index (χ1v) is 10.8. The molecular formula is C25H30N4O2. The topological polar surface area (TPSA) is 57.7 Å². The van der Waals surface area contributed by atoms with Crippen molar-refractivity contribution in [1.82, 2.24) is 9.88 Å². The number of aromatic nitrogens is 1. The normalized spacial score (nSPS) is 14.6. The van der Waals surface area contributed by atoms with Gasteiger partial charge in [0.25, 0.3) is 5.91 Å². The SMILES string of the molecule is CCN1CCN(c2ccc(NC(=O)c3cc4ccc(OC)cc4nc3C)c(C)c2)CC1. The third-order valence-electron chi connectivity index (χ3n) is 6.10. The number of carbonyl (C=O) groups is 1. The van der Waals surface area contributed by atoms with E-state index in [4.69, 9.17) is 4.74 Å². The number of anilines is 2. The fourth-order valence-corrected chi connectivity index (χ4v) is 4.10. The molecule has 2 heterocycles. The third-order valence-corrected chi connectivity index (χ3v) is 6.10. The molecule has 6 heteroatoms. The zero-order chi connectivity index (χ0) is 22.0. The van der Waals surface area contributed by atoms with Crippen molar-refractivity contribution in [1.29, 1.82) is 0 Å². The number of ether oxygens (including phenoxy) is 1. The van der Waals surface area contributed by atoms with E-state index in [9.17, 15) is 4.79 Å². The highest BCUT2D eigenvalue weighted by Gasteiger charge is 2.17. The van der Waals surface area contributed by atoms with Crippen molar-refractivity contribution in [3.05, 3.63) is 59.3 Å². The monoisotopic (exact) mass is 418 g/mol. The molecule has 2 aromatic carbocycles. The first-order chi connectivity index (χ1) is 15.0. The van der Waals surface area contributed by atoms with E-state index < -0.39 is 0 Å². The van der Waals surface area contributed by atoms with E-state index >= 15 is 0 Å². The lowest BCUT2D eigenvalue weighted by Crippen LogP contribution is -2.46. The Hall–Kier alpha value is -3.12. The maximum absolute atomic E-state index is 13.0. The summed E-state index contributed by atoms with van der Waals surface area (Å²) >= 11 is 0. The first kappa shape index (κ1) is 21.1. The average molecular weight is 419 g/mol. The average Bonchev–Trinajstić information content (AvgIpc) is 2.79. The number of amides is 1. The number of hydrogen-bond donors (Lipinski definition) is 1. The second-order valence-electron chi connectivity index (χ2n) is 8.05. The number of fused-ring (bicyclic) bond motifs is 1. The molecule has 1 fully saturated rings. The van der Waals surface area contributed by atoms with E-state index in [1.165, 1.54) is 5.69 Å². The van der Waals surface area contributed by atoms with Crippen molar-refractivity contribution in [2.75, 3.05) is 50.1 Å². The molecule has 31 heavy (non-hydrogen) atoms. The lowest BCUT2D eigenvalue weighted by atomic mass is 10.1. The van der Waals surface area contributed by atoms with E-state index in [-0.39, 0.29) is 5.91 Å². The van der Waals surface area contributed by atoms with Crippen molar-refractivity contribution >= 4 is 28.2 Å². The fraction of sp³-hybridized carbons (Fsp3) is 0.360. The highest BCUT2D eigenvalue weighted by atomic mass is 16.5. The molecule has 1 N–H and O–H groups in total. The van der Waals surface area contributed by atoms with Crippen LogP contribution in [0.4, 0.5) is 11.4 Å². The van der Waals surface area contributed by atoms with E-state index in [1.54, 1.807) is 7.11 Å². The summed E-state index contributed by atoms with van der Waals surface area (Å²) in [7, 11) is 1.63. The quantitative estimate of drug-likeness (QED) is 0.671. The summed E-state index contributed by atoms with van der Waals surface area (Å²) in [6.07, 6.45) is 0. The number of piperazine rings is 1. The van der Waals surface area contributed by atoms with E-state index in [0.29, 0.717) is 11.3 Å². The maximum Gasteiger partial charge on any atom is 0.257 e. The highest BCUT2D eigenvalue weighted by Crippen LogP contribution is 2.26. The second kappa shape index (κ2) is 8.94. The molecule has 1 aromatic heterocycles. The molecule has 3 aromatic rings. The Balaban J connectivity index is 1.51. The third kappa shape index (κ3) is 4.49. The number of aryl methyl sites for hydroxylation is 2. The van der Waals surface area contributed by atoms with Gasteiger partial charge < -0.3 is 19.9 Å². The van der Waals surface area contributed by atoms with E-state index in [0.717, 1.165) is 60.6 Å². The molecule has 0 saturated carbocycles. The summed E-state index contributed by atoms with van der Waals surface area (Å²) in [6, 6.07) is 13.8. The van der Waals surface area contributed by atoms with Crippen LogP contribution < -0.4 is 15.0 Å². The predicted octanol–water partition coefficient (Wildman–Crippen LogP) is 4.25. The number of carbonyl (C=O) groups excluding carboxylic acids is 1. The van der Waals surface area contributed by atoms with Crippen molar-refractivity contribution < 1.29 is 9.53 Å². The van der Waals surface area contributed by atoms with Gasteiger partial charge in [-0.25, -0.2) is 0 Å². The summed E-state index contributed by atoms with van der Waals surface area (Å²) in [5.74, 6) is 0.610. The number of pyridine rings is 1. The Kier molecular flexibility index (Phi) is 6.09. The van der Waals surface area contributed by atoms with Gasteiger partial charge in [-0.05, 0) is 62.4 Å². The maximum atomic E-state index is 13.0. The van der Waals surface area contributed by atoms with Crippen LogP contribution in [0.5, 0.6) is 5.75 Å². The van der Waals surface area contributed by atoms with Crippen molar-refractivity contribution in [3.8, 4) is 5.75 Å². The van der Waals surface area contributed by atoms with Crippen molar-refractivity contribution in [3.63, 3.8) is 0 Å². The van der Waals surface area contributed by atoms with Gasteiger partial charge in [-0.3, -0.25) is 9.78 Å². The molecule has 0 bridgehead atoms. The highest BCUT2D eigenvalue weighted by molar-refractivity contribution is 6.07. The zero-order valence-corrected chi connectivity index (χ0v) is 18.7. The molecule has 1 amide bonds. The first-order valence-electron chi connectivity index (χ1n) is 10.8. The van der Waals surface area contributed by atoms with Gasteiger partial charge in [0, 0.05) is 49.0 Å². The molecule has 0 unspecified atom stereocenters. The van der Waals surface area contributed by atoms with Gasteiger partial charge >= 0.3 is 0 Å². The van der Waals surface area contributed by atoms with Crippen LogP contribution in [0.25, 0.3) is 10.9 Å². The smallest absolute Gasteiger partial charge is 0.257 e. The van der Waals surface area contributed by atoms with Crippen LogP contribution in [0.15, 0.2) is 42.5 Å². The summed E-state index contributed by atoms with van der Waals surface area (Å²) in [5.41, 5.74) is 5.19. The lowest BCUT2D eigenvalue weighted by molar-refractivity contribution is 0.102. The van der Waals surface area contributed by atoms with Gasteiger partial charge in [-0.15, -0.1) is 0 Å². The molecule has 0 spiro atoms. The molecule has 6 nitrogen and oxygen atoms in total. The summed E-state index contributed by atoms with van der Waals surface area (Å²) in [6.45, 7) is 11.5. The number of benzene rings is 2. The number of hydrogen-bond acceptors (Lipinski definition) is 5. The number of likely N-dealkylation sites (N-methyl/N-ethyl adjacent to an activating group) is 1. The fourth-order valence-electron chi connectivity index (χ4n) is 4.10. The van der Waals surface area contributed by atoms with Crippen LogP contribution in [0.1, 0.15) is 28.5 Å². The van der Waals surface area contributed by atoms with Gasteiger partial charge in [0.15, 0.2) is 0 Å². The molecule has 0 radical (unpaired) electrons. The van der Waals surface area contributed by atoms with Gasteiger partial charge in [-0.2, -0.15) is 0 Å². The minimum Gasteiger partial charge on any atom is -0.497 e. The molecule has 0 atom stereocenters. The van der Waals surface area contributed by atoms with E-state index in [1.807, 2.05) is 44.2 Å². The Bertz CT molecular complexity index is 1100. The largest absolute Gasteiger partial charge is 0.497 e. The molecule has 162 valence electrons. The molecule has 4 rings (SSSR count). The van der Waals surface area contributed by atoms with Gasteiger partial charge in [0.1, 0.15) is 5.75 Å². The van der Waals surface area contributed by atoms with Crippen LogP contribution >= 0.6 is 0 Å². The predicted molar refractivity (Wildman–Crippen MR) is 126 cm³/mol. The Labute approximate surface area is 183 Å². The van der Waals surface area contributed by atoms with E-state index in [2.05, 4.69) is 39.2 Å². The zero-order valence-electron chi connectivity index (χ0n) is 18.7. The van der Waals surface area contributed by atoms with Crippen LogP contribution in [-0.4, -0.2) is 55.6 Å². The van der Waals surface area contributed by atoms with Gasteiger partial charge in [-0.1, -0.05) is 6.92 Å². The molecule has 1 saturated heterocycles. The van der Waals surface area contributed by atoms with Crippen LogP contribution in [-0.2, 0) is 0 Å². The summed E-state index contributed by atoms with van der Waals surface area (Å²) in [5, 5.41) is 3.98. The number of nitrogens with zero attached hydrogens (tertiary/aromatic N) is 3. The molecular weight excluding hydrogens is 388 g/mol. The van der Waals surface area contributed by atoms with Crippen LogP contribution in [0.3, 0.4) is 0 Å². The van der Waals surface area contributed by atoms with Crippen LogP contribution in [0.2, 0.25) is 0 Å². The standard InChI is InChI=1S/C25H30N4O2/c1-5-28-10-12-29(13-11-28)20-7-9-23(17(2)14-20)27-25(30)22-15-19-6-8-21(31-4)16-24(19)26-18(22)3/h6-9,14-16H,5,10-13H2,1-4H3,(H,27,30). The Morgan fingerprint density at radius 3 is 2.52 bits per heavy atom. The Morgan fingerprint density at radius 2 is 1.84 bits per heavy atom. The number of rotatable bonds is 5. The summed E-state index contributed by atoms with van der Waals surface area (Å²) < 4.78 is 5.27. The minimum atomic E-state index is -0.143. The lowest BCUT2D eigenvalue weighted by Gasteiger charge is -2.35. The number of nitrogens with one attached hydrogen (secondary N) is 1. The summed E-state index contributed by atoms with van der Waals surface area (Å²) in [4.78, 5) is 22.5. The molecule has 0 aliphatic carbocycles. The Morgan fingerprint density at radius 1 is 1.06 bits per heavy atom.